The monoisotopic (exact) mass is 303 g/mol. The van der Waals surface area contributed by atoms with E-state index < -0.39 is 0 Å². The van der Waals surface area contributed by atoms with Gasteiger partial charge < -0.3 is 15.8 Å². The van der Waals surface area contributed by atoms with Crippen LogP contribution in [-0.2, 0) is 0 Å². The topological polar surface area (TPSA) is 77.2 Å². The van der Waals surface area contributed by atoms with Crippen LogP contribution >= 0.6 is 0 Å². The molecule has 2 aliphatic rings. The molecule has 120 valence electrons. The van der Waals surface area contributed by atoms with Crippen molar-refractivity contribution in [3.05, 3.63) is 24.0 Å². The average molecular weight is 303 g/mol. The quantitative estimate of drug-likeness (QED) is 0.893. The molecule has 1 heterocycles. The number of ether oxygens (including phenoxy) is 1. The molecule has 2 atom stereocenters. The zero-order chi connectivity index (χ0) is 15.5. The first kappa shape index (κ1) is 15.3. The lowest BCUT2D eigenvalue weighted by Gasteiger charge is -2.45. The maximum absolute atomic E-state index is 12.6. The molecule has 2 unspecified atom stereocenters. The van der Waals surface area contributed by atoms with E-state index in [0.717, 1.165) is 25.7 Å². The van der Waals surface area contributed by atoms with Crippen LogP contribution in [0.4, 0.5) is 0 Å². The number of nitrogens with one attached hydrogen (secondary N) is 1. The summed E-state index contributed by atoms with van der Waals surface area (Å²) in [4.78, 5) is 16.8. The van der Waals surface area contributed by atoms with Gasteiger partial charge >= 0.3 is 0 Å². The van der Waals surface area contributed by atoms with Gasteiger partial charge in [-0.2, -0.15) is 0 Å². The summed E-state index contributed by atoms with van der Waals surface area (Å²) in [7, 11) is 0. The first-order chi connectivity index (χ1) is 10.7. The lowest BCUT2D eigenvalue weighted by molar-refractivity contribution is 0.0748. The van der Waals surface area contributed by atoms with E-state index in [1.807, 2.05) is 6.92 Å². The zero-order valence-corrected chi connectivity index (χ0v) is 13.1. The lowest BCUT2D eigenvalue weighted by atomic mass is 9.67. The molecule has 5 nitrogen and oxygen atoms in total. The number of amides is 1. The normalized spacial score (nSPS) is 30.6. The highest BCUT2D eigenvalue weighted by atomic mass is 16.5. The van der Waals surface area contributed by atoms with Crippen molar-refractivity contribution in [1.82, 2.24) is 10.3 Å². The number of aromatic nitrogens is 1. The van der Waals surface area contributed by atoms with Crippen LogP contribution in [0.15, 0.2) is 18.3 Å². The minimum absolute atomic E-state index is 0.124. The molecule has 0 aromatic carbocycles. The SMILES string of the molecule is CCOc1cccnc1C(=O)NC1C2CCCC1CC(N)C2. The van der Waals surface area contributed by atoms with Gasteiger partial charge in [-0.05, 0) is 56.6 Å². The maximum Gasteiger partial charge on any atom is 0.273 e. The van der Waals surface area contributed by atoms with Gasteiger partial charge in [0.2, 0.25) is 0 Å². The Balaban J connectivity index is 1.74. The predicted octanol–water partition coefficient (Wildman–Crippen LogP) is 2.12. The summed E-state index contributed by atoms with van der Waals surface area (Å²) in [6, 6.07) is 4.11. The average Bonchev–Trinajstić information content (AvgIpc) is 2.49. The van der Waals surface area contributed by atoms with Gasteiger partial charge in [-0.25, -0.2) is 4.98 Å². The van der Waals surface area contributed by atoms with Crippen molar-refractivity contribution in [3.8, 4) is 5.75 Å². The van der Waals surface area contributed by atoms with Gasteiger partial charge in [0, 0.05) is 18.3 Å². The Morgan fingerprint density at radius 1 is 1.41 bits per heavy atom. The molecular formula is C17H25N3O2. The maximum atomic E-state index is 12.6. The standard InChI is InChI=1S/C17H25N3O2/c1-2-22-14-7-4-8-19-16(14)17(21)20-15-11-5-3-6-12(15)10-13(18)9-11/h4,7-8,11-13,15H,2-3,5-6,9-10,18H2,1H3,(H,20,21). The molecule has 22 heavy (non-hydrogen) atoms. The van der Waals surface area contributed by atoms with Crippen LogP contribution in [0.2, 0.25) is 0 Å². The summed E-state index contributed by atoms with van der Waals surface area (Å²) < 4.78 is 5.52. The number of carbonyl (C=O) groups is 1. The minimum Gasteiger partial charge on any atom is -0.491 e. The van der Waals surface area contributed by atoms with Gasteiger partial charge in [0.1, 0.15) is 0 Å². The molecule has 1 aromatic rings. The summed E-state index contributed by atoms with van der Waals surface area (Å²) in [5, 5.41) is 3.22. The van der Waals surface area contributed by atoms with Gasteiger partial charge in [0.05, 0.1) is 6.61 Å². The van der Waals surface area contributed by atoms with Gasteiger partial charge in [-0.3, -0.25) is 4.79 Å². The number of pyridine rings is 1. The van der Waals surface area contributed by atoms with E-state index in [9.17, 15) is 4.79 Å². The molecule has 1 amide bonds. The number of nitrogens with zero attached hydrogens (tertiary/aromatic N) is 1. The van der Waals surface area contributed by atoms with E-state index in [-0.39, 0.29) is 18.0 Å². The zero-order valence-electron chi connectivity index (χ0n) is 13.1. The molecule has 5 heteroatoms. The molecule has 0 radical (unpaired) electrons. The van der Waals surface area contributed by atoms with Gasteiger partial charge in [0.15, 0.2) is 11.4 Å². The number of nitrogens with two attached hydrogens (primary N) is 1. The first-order valence-corrected chi connectivity index (χ1v) is 8.33. The summed E-state index contributed by atoms with van der Waals surface area (Å²) >= 11 is 0. The summed E-state index contributed by atoms with van der Waals surface area (Å²) in [6.07, 6.45) is 7.24. The number of hydrogen-bond donors (Lipinski definition) is 2. The van der Waals surface area contributed by atoms with Crippen molar-refractivity contribution < 1.29 is 9.53 Å². The lowest BCUT2D eigenvalue weighted by Crippen LogP contribution is -2.53. The first-order valence-electron chi connectivity index (χ1n) is 8.33. The van der Waals surface area contributed by atoms with Crippen LogP contribution in [0.3, 0.4) is 0 Å². The third-order valence-electron chi connectivity index (χ3n) is 4.96. The second kappa shape index (κ2) is 6.65. The van der Waals surface area contributed by atoms with Gasteiger partial charge in [-0.1, -0.05) is 6.42 Å². The predicted molar refractivity (Wildman–Crippen MR) is 84.7 cm³/mol. The van der Waals surface area contributed by atoms with Crippen molar-refractivity contribution >= 4 is 5.91 Å². The second-order valence-electron chi connectivity index (χ2n) is 6.46. The van der Waals surface area contributed by atoms with Crippen LogP contribution in [0, 0.1) is 11.8 Å². The highest BCUT2D eigenvalue weighted by Gasteiger charge is 2.40. The Labute approximate surface area is 131 Å². The molecular weight excluding hydrogens is 278 g/mol. The largest absolute Gasteiger partial charge is 0.491 e. The van der Waals surface area contributed by atoms with E-state index >= 15 is 0 Å². The van der Waals surface area contributed by atoms with Crippen molar-refractivity contribution in [2.75, 3.05) is 6.61 Å². The number of hydrogen-bond acceptors (Lipinski definition) is 4. The summed E-state index contributed by atoms with van der Waals surface area (Å²) in [5.74, 6) is 1.44. The van der Waals surface area contributed by atoms with E-state index in [4.69, 9.17) is 10.5 Å². The van der Waals surface area contributed by atoms with E-state index in [1.165, 1.54) is 6.42 Å². The third-order valence-corrected chi connectivity index (χ3v) is 4.96. The van der Waals surface area contributed by atoms with E-state index in [0.29, 0.717) is 29.9 Å². The third kappa shape index (κ3) is 3.09. The fourth-order valence-electron chi connectivity index (χ4n) is 4.08. The smallest absolute Gasteiger partial charge is 0.273 e. The Morgan fingerprint density at radius 2 is 2.14 bits per heavy atom. The van der Waals surface area contributed by atoms with Crippen LogP contribution in [-0.4, -0.2) is 29.6 Å². The van der Waals surface area contributed by atoms with E-state index in [1.54, 1.807) is 18.3 Å². The van der Waals surface area contributed by atoms with Gasteiger partial charge in [-0.15, -0.1) is 0 Å². The second-order valence-corrected chi connectivity index (χ2v) is 6.46. The van der Waals surface area contributed by atoms with Crippen LogP contribution in [0.25, 0.3) is 0 Å². The highest BCUT2D eigenvalue weighted by molar-refractivity contribution is 5.95. The molecule has 0 saturated heterocycles. The van der Waals surface area contributed by atoms with Crippen LogP contribution in [0.1, 0.15) is 49.5 Å². The summed E-state index contributed by atoms with van der Waals surface area (Å²) in [5.41, 5.74) is 6.53. The van der Waals surface area contributed by atoms with Crippen molar-refractivity contribution in [2.24, 2.45) is 17.6 Å². The number of rotatable bonds is 4. The Kier molecular flexibility index (Phi) is 4.62. The van der Waals surface area contributed by atoms with Crippen molar-refractivity contribution in [3.63, 3.8) is 0 Å². The Hall–Kier alpha value is -1.62. The van der Waals surface area contributed by atoms with Crippen LogP contribution in [0.5, 0.6) is 5.75 Å². The molecule has 2 fully saturated rings. The molecule has 2 aliphatic carbocycles. The molecule has 3 rings (SSSR count). The van der Waals surface area contributed by atoms with Crippen LogP contribution < -0.4 is 15.8 Å². The number of fused-ring (bicyclic) bond motifs is 2. The molecule has 1 aromatic heterocycles. The van der Waals surface area contributed by atoms with Crippen molar-refractivity contribution in [2.45, 2.75) is 51.1 Å². The molecule has 2 bridgehead atoms. The number of carbonyl (C=O) groups excluding carboxylic acids is 1. The fraction of sp³-hybridized carbons (Fsp3) is 0.647. The highest BCUT2D eigenvalue weighted by Crippen LogP contribution is 2.39. The molecule has 3 N–H and O–H groups in total. The van der Waals surface area contributed by atoms with E-state index in [2.05, 4.69) is 10.3 Å². The van der Waals surface area contributed by atoms with Crippen molar-refractivity contribution in [1.29, 1.82) is 0 Å². The Morgan fingerprint density at radius 3 is 2.82 bits per heavy atom. The molecule has 0 spiro atoms. The molecule has 2 saturated carbocycles. The fourth-order valence-corrected chi connectivity index (χ4v) is 4.08. The van der Waals surface area contributed by atoms with Gasteiger partial charge in [0.25, 0.3) is 5.91 Å². The summed E-state index contributed by atoms with van der Waals surface area (Å²) in [6.45, 7) is 2.43. The molecule has 0 aliphatic heterocycles. The minimum atomic E-state index is -0.124. The Bertz CT molecular complexity index is 520.